The minimum Gasteiger partial charge on any atom is -0.372 e. The summed E-state index contributed by atoms with van der Waals surface area (Å²) >= 11 is 3.92. The van der Waals surface area contributed by atoms with Gasteiger partial charge in [-0.1, -0.05) is 156 Å². The van der Waals surface area contributed by atoms with Crippen molar-refractivity contribution in [1.82, 2.24) is 0 Å². The minimum atomic E-state index is 0.522. The summed E-state index contributed by atoms with van der Waals surface area (Å²) < 4.78 is 7.10. The first-order valence-corrected chi connectivity index (χ1v) is 18.9. The third-order valence-corrected chi connectivity index (χ3v) is 10.0. The maximum atomic E-state index is 6.12. The molecule has 54 heavy (non-hydrogen) atoms. The highest BCUT2D eigenvalue weighted by Gasteiger charge is 2.19. The smallest absolute Gasteiger partial charge is 0.0721 e. The summed E-state index contributed by atoms with van der Waals surface area (Å²) in [6.07, 6.45) is 1.85. The van der Waals surface area contributed by atoms with Gasteiger partial charge in [0.05, 0.1) is 13.2 Å². The number of rotatable bonds is 12. The van der Waals surface area contributed by atoms with Crippen LogP contribution in [0.25, 0.3) is 28.0 Å². The van der Waals surface area contributed by atoms with Gasteiger partial charge in [-0.3, -0.25) is 0 Å². The summed E-state index contributed by atoms with van der Waals surface area (Å²) in [6.45, 7) is 4.92. The molecule has 0 spiro atoms. The van der Waals surface area contributed by atoms with Crippen LogP contribution in [-0.2, 0) is 18.0 Å². The van der Waals surface area contributed by atoms with E-state index in [1.807, 2.05) is 6.08 Å². The zero-order valence-corrected chi connectivity index (χ0v) is 31.4. The fourth-order valence-corrected chi connectivity index (χ4v) is 7.31. The molecule has 0 radical (unpaired) electrons. The van der Waals surface area contributed by atoms with Crippen molar-refractivity contribution >= 4 is 66.9 Å². The SMILES string of the molecule is C=Cc1ccc(COCc2ccc(N(c3cc(Br)cc(N(c4ccccc4)c4cccc(-c5ccccc5)c4)c3)c3ccc4ccccc4c3)cc2)cc1. The second-order valence-corrected chi connectivity index (χ2v) is 14.1. The Morgan fingerprint density at radius 2 is 0.944 bits per heavy atom. The standard InChI is InChI=1S/C50H39BrN2O/c1-2-37-20-22-38(23-21-37)35-54-36-39-24-27-46(28-25-39)53(48-29-26-41-14-9-10-15-42(41)31-48)50-33-44(51)32-49(34-50)52(45-17-7-4-8-18-45)47-19-11-16-43(30-47)40-12-5-3-6-13-40/h2-34H,1,35-36H2. The van der Waals surface area contributed by atoms with Crippen molar-refractivity contribution in [2.75, 3.05) is 9.80 Å². The Morgan fingerprint density at radius 3 is 1.61 bits per heavy atom. The molecule has 0 fully saturated rings. The molecule has 8 aromatic carbocycles. The Kier molecular flexibility index (Phi) is 10.5. The van der Waals surface area contributed by atoms with E-state index < -0.39 is 0 Å². The van der Waals surface area contributed by atoms with Crippen LogP contribution < -0.4 is 9.80 Å². The lowest BCUT2D eigenvalue weighted by Gasteiger charge is -2.30. The van der Waals surface area contributed by atoms with Gasteiger partial charge in [0.15, 0.2) is 0 Å². The van der Waals surface area contributed by atoms with E-state index >= 15 is 0 Å². The van der Waals surface area contributed by atoms with Gasteiger partial charge in [0, 0.05) is 38.6 Å². The molecule has 0 atom stereocenters. The molecule has 262 valence electrons. The molecule has 0 N–H and O–H groups in total. The first kappa shape index (κ1) is 34.9. The van der Waals surface area contributed by atoms with E-state index in [1.54, 1.807) is 0 Å². The molecule has 0 aliphatic heterocycles. The van der Waals surface area contributed by atoms with Crippen LogP contribution in [0.15, 0.2) is 205 Å². The molecular weight excluding hydrogens is 724 g/mol. The van der Waals surface area contributed by atoms with Crippen molar-refractivity contribution in [3.8, 4) is 11.1 Å². The summed E-state index contributed by atoms with van der Waals surface area (Å²) in [6, 6.07) is 68.7. The summed E-state index contributed by atoms with van der Waals surface area (Å²) in [4.78, 5) is 4.65. The fraction of sp³-hybridized carbons (Fsp3) is 0.0400. The lowest BCUT2D eigenvalue weighted by molar-refractivity contribution is 0.107. The van der Waals surface area contributed by atoms with Crippen molar-refractivity contribution in [2.24, 2.45) is 0 Å². The zero-order chi connectivity index (χ0) is 36.7. The fourth-order valence-electron chi connectivity index (χ4n) is 6.84. The normalized spacial score (nSPS) is 11.0. The Labute approximate surface area is 326 Å². The van der Waals surface area contributed by atoms with Crippen molar-refractivity contribution in [3.05, 3.63) is 222 Å². The van der Waals surface area contributed by atoms with Gasteiger partial charge in [-0.25, -0.2) is 0 Å². The number of hydrogen-bond donors (Lipinski definition) is 0. The van der Waals surface area contributed by atoms with Crippen LogP contribution in [0.4, 0.5) is 34.1 Å². The molecule has 4 heteroatoms. The number of fused-ring (bicyclic) bond motifs is 1. The lowest BCUT2D eigenvalue weighted by atomic mass is 10.0. The van der Waals surface area contributed by atoms with E-state index in [4.69, 9.17) is 4.74 Å². The maximum Gasteiger partial charge on any atom is 0.0721 e. The van der Waals surface area contributed by atoms with Crippen molar-refractivity contribution in [1.29, 1.82) is 0 Å². The molecule has 0 saturated heterocycles. The number of anilines is 6. The Balaban J connectivity index is 1.18. The van der Waals surface area contributed by atoms with Crippen LogP contribution in [0.2, 0.25) is 0 Å². The van der Waals surface area contributed by atoms with Crippen molar-refractivity contribution < 1.29 is 4.74 Å². The second-order valence-electron chi connectivity index (χ2n) is 13.2. The van der Waals surface area contributed by atoms with Crippen LogP contribution in [0, 0.1) is 0 Å². The molecule has 0 saturated carbocycles. The largest absolute Gasteiger partial charge is 0.372 e. The number of para-hydroxylation sites is 1. The summed E-state index contributed by atoms with van der Waals surface area (Å²) in [5.74, 6) is 0. The van der Waals surface area contributed by atoms with Crippen LogP contribution in [-0.4, -0.2) is 0 Å². The number of ether oxygens (including phenoxy) is 1. The second kappa shape index (κ2) is 16.2. The van der Waals surface area contributed by atoms with Crippen molar-refractivity contribution in [2.45, 2.75) is 13.2 Å². The minimum absolute atomic E-state index is 0.522. The number of benzene rings is 8. The van der Waals surface area contributed by atoms with Crippen molar-refractivity contribution in [3.63, 3.8) is 0 Å². The first-order valence-electron chi connectivity index (χ1n) is 18.1. The van der Waals surface area contributed by atoms with Gasteiger partial charge >= 0.3 is 0 Å². The molecule has 0 bridgehead atoms. The molecule has 8 aromatic rings. The monoisotopic (exact) mass is 762 g/mol. The third-order valence-electron chi connectivity index (χ3n) is 9.55. The van der Waals surface area contributed by atoms with Crippen LogP contribution in [0.5, 0.6) is 0 Å². The molecule has 0 amide bonds. The van der Waals surface area contributed by atoms with Gasteiger partial charge in [-0.15, -0.1) is 0 Å². The van der Waals surface area contributed by atoms with E-state index in [9.17, 15) is 0 Å². The first-order chi connectivity index (χ1) is 26.6. The van der Waals surface area contributed by atoms with Gasteiger partial charge in [0.1, 0.15) is 0 Å². The summed E-state index contributed by atoms with van der Waals surface area (Å²) in [5.41, 5.74) is 12.0. The van der Waals surface area contributed by atoms with E-state index in [-0.39, 0.29) is 0 Å². The van der Waals surface area contributed by atoms with Gasteiger partial charge in [0.25, 0.3) is 0 Å². The predicted octanol–water partition coefficient (Wildman–Crippen LogP) is 14.6. The van der Waals surface area contributed by atoms with Gasteiger partial charge in [0.2, 0.25) is 0 Å². The molecule has 8 rings (SSSR count). The van der Waals surface area contributed by atoms with E-state index in [0.29, 0.717) is 13.2 Å². The molecule has 0 heterocycles. The third kappa shape index (κ3) is 7.91. The predicted molar refractivity (Wildman–Crippen MR) is 231 cm³/mol. The Hall–Kier alpha value is -6.20. The Bertz CT molecular complexity index is 2500. The summed E-state index contributed by atoms with van der Waals surface area (Å²) in [5, 5.41) is 2.39. The highest BCUT2D eigenvalue weighted by atomic mass is 79.9. The van der Waals surface area contributed by atoms with E-state index in [2.05, 4.69) is 226 Å². The topological polar surface area (TPSA) is 15.7 Å². The average molecular weight is 764 g/mol. The van der Waals surface area contributed by atoms with Crippen LogP contribution in [0.1, 0.15) is 16.7 Å². The Morgan fingerprint density at radius 1 is 0.426 bits per heavy atom. The number of halogens is 1. The molecule has 0 unspecified atom stereocenters. The molecule has 0 aliphatic rings. The lowest BCUT2D eigenvalue weighted by Crippen LogP contribution is -2.13. The quantitative estimate of drug-likeness (QED) is 0.123. The van der Waals surface area contributed by atoms with E-state index in [0.717, 1.165) is 60.9 Å². The number of nitrogens with zero attached hydrogens (tertiary/aromatic N) is 2. The van der Waals surface area contributed by atoms with Gasteiger partial charge < -0.3 is 14.5 Å². The van der Waals surface area contributed by atoms with Gasteiger partial charge in [-0.2, -0.15) is 0 Å². The molecule has 3 nitrogen and oxygen atoms in total. The zero-order valence-electron chi connectivity index (χ0n) is 29.9. The average Bonchev–Trinajstić information content (AvgIpc) is 3.22. The van der Waals surface area contributed by atoms with E-state index in [1.165, 1.54) is 16.3 Å². The molecule has 0 aromatic heterocycles. The van der Waals surface area contributed by atoms with Crippen LogP contribution >= 0.6 is 15.9 Å². The highest BCUT2D eigenvalue weighted by molar-refractivity contribution is 9.10. The number of hydrogen-bond acceptors (Lipinski definition) is 3. The summed E-state index contributed by atoms with van der Waals surface area (Å²) in [7, 11) is 0. The molecule has 0 aliphatic carbocycles. The maximum absolute atomic E-state index is 6.12. The molecular formula is C50H39BrN2O. The van der Waals surface area contributed by atoms with Crippen LogP contribution in [0.3, 0.4) is 0 Å². The highest BCUT2D eigenvalue weighted by Crippen LogP contribution is 2.43. The van der Waals surface area contributed by atoms with Gasteiger partial charge in [-0.05, 0) is 105 Å².